The van der Waals surface area contributed by atoms with Gasteiger partial charge in [0.05, 0.1) is 7.11 Å². The number of carbonyl (C=O) groups is 1. The molecule has 0 fully saturated rings. The Kier molecular flexibility index (Phi) is 6.21. The van der Waals surface area contributed by atoms with Gasteiger partial charge < -0.3 is 15.0 Å². The van der Waals surface area contributed by atoms with Crippen LogP contribution in [0, 0.1) is 5.82 Å². The van der Waals surface area contributed by atoms with E-state index >= 15 is 0 Å². The van der Waals surface area contributed by atoms with Crippen LogP contribution in [0.4, 0.5) is 18.0 Å². The molecule has 8 heteroatoms. The lowest BCUT2D eigenvalue weighted by atomic mass is 10.1. The summed E-state index contributed by atoms with van der Waals surface area (Å²) in [5.41, 5.74) is 0.709. The molecule has 1 aromatic heterocycles. The van der Waals surface area contributed by atoms with Gasteiger partial charge in [-0.15, -0.1) is 0 Å². The molecule has 25 heavy (non-hydrogen) atoms. The molecule has 0 unspecified atom stereocenters. The van der Waals surface area contributed by atoms with E-state index in [0.717, 1.165) is 11.6 Å². The normalized spacial score (nSPS) is 11.9. The highest BCUT2D eigenvalue weighted by Gasteiger charge is 2.26. The SMILES string of the molecule is COc1ccc([C@@H](NC(=O)N(C)Cc2cccnc2)C(F)F)cc1F. The van der Waals surface area contributed by atoms with Gasteiger partial charge in [-0.25, -0.2) is 18.0 Å². The number of pyridine rings is 1. The quantitative estimate of drug-likeness (QED) is 0.866. The Hall–Kier alpha value is -2.77. The summed E-state index contributed by atoms with van der Waals surface area (Å²) < 4.78 is 45.2. The summed E-state index contributed by atoms with van der Waals surface area (Å²) in [5, 5.41) is 2.23. The van der Waals surface area contributed by atoms with Gasteiger partial charge in [0.2, 0.25) is 0 Å². The minimum Gasteiger partial charge on any atom is -0.494 e. The van der Waals surface area contributed by atoms with Crippen molar-refractivity contribution in [2.24, 2.45) is 0 Å². The van der Waals surface area contributed by atoms with Crippen molar-refractivity contribution < 1.29 is 22.7 Å². The number of benzene rings is 1. The zero-order valence-corrected chi connectivity index (χ0v) is 13.7. The van der Waals surface area contributed by atoms with Crippen LogP contribution >= 0.6 is 0 Å². The monoisotopic (exact) mass is 353 g/mol. The van der Waals surface area contributed by atoms with Gasteiger partial charge in [0.15, 0.2) is 11.6 Å². The van der Waals surface area contributed by atoms with Crippen LogP contribution in [0.3, 0.4) is 0 Å². The fourth-order valence-electron chi connectivity index (χ4n) is 2.25. The Labute approximate surface area is 143 Å². The Morgan fingerprint density at radius 1 is 1.36 bits per heavy atom. The Balaban J connectivity index is 2.10. The second kappa shape index (κ2) is 8.36. The number of amides is 2. The minimum atomic E-state index is -2.90. The summed E-state index contributed by atoms with van der Waals surface area (Å²) in [6, 6.07) is 4.60. The zero-order chi connectivity index (χ0) is 18.4. The van der Waals surface area contributed by atoms with Crippen molar-refractivity contribution in [3.8, 4) is 5.75 Å². The van der Waals surface area contributed by atoms with Crippen LogP contribution in [0.5, 0.6) is 5.75 Å². The Morgan fingerprint density at radius 2 is 2.12 bits per heavy atom. The molecular weight excluding hydrogens is 335 g/mol. The van der Waals surface area contributed by atoms with Gasteiger partial charge in [-0.05, 0) is 29.3 Å². The fourth-order valence-corrected chi connectivity index (χ4v) is 2.25. The van der Waals surface area contributed by atoms with E-state index in [9.17, 15) is 18.0 Å². The van der Waals surface area contributed by atoms with Gasteiger partial charge in [0.1, 0.15) is 6.04 Å². The number of methoxy groups -OCH3 is 1. The van der Waals surface area contributed by atoms with E-state index in [-0.39, 0.29) is 17.9 Å². The van der Waals surface area contributed by atoms with Crippen LogP contribution in [0.25, 0.3) is 0 Å². The maximum Gasteiger partial charge on any atom is 0.318 e. The Morgan fingerprint density at radius 3 is 2.68 bits per heavy atom. The van der Waals surface area contributed by atoms with Crippen molar-refractivity contribution in [3.63, 3.8) is 0 Å². The van der Waals surface area contributed by atoms with Crippen molar-refractivity contribution in [2.45, 2.75) is 19.0 Å². The number of hydrogen-bond acceptors (Lipinski definition) is 3. The summed E-state index contributed by atoms with van der Waals surface area (Å²) >= 11 is 0. The first-order valence-corrected chi connectivity index (χ1v) is 7.44. The van der Waals surface area contributed by atoms with E-state index in [2.05, 4.69) is 10.3 Å². The molecule has 0 radical (unpaired) electrons. The van der Waals surface area contributed by atoms with Crippen molar-refractivity contribution in [2.75, 3.05) is 14.2 Å². The summed E-state index contributed by atoms with van der Waals surface area (Å²) in [6.45, 7) is 0.201. The molecule has 2 aromatic rings. The highest BCUT2D eigenvalue weighted by atomic mass is 19.3. The summed E-state index contributed by atoms with van der Waals surface area (Å²) in [4.78, 5) is 17.4. The second-order valence-corrected chi connectivity index (χ2v) is 5.37. The molecule has 0 aliphatic heterocycles. The van der Waals surface area contributed by atoms with Crippen LogP contribution in [0.15, 0.2) is 42.7 Å². The highest BCUT2D eigenvalue weighted by molar-refractivity contribution is 5.74. The van der Waals surface area contributed by atoms with Crippen molar-refractivity contribution in [3.05, 3.63) is 59.7 Å². The number of alkyl halides is 2. The highest BCUT2D eigenvalue weighted by Crippen LogP contribution is 2.26. The van der Waals surface area contributed by atoms with Crippen LogP contribution in [-0.4, -0.2) is 36.5 Å². The molecule has 1 N–H and O–H groups in total. The number of urea groups is 1. The van der Waals surface area contributed by atoms with Crippen molar-refractivity contribution in [1.29, 1.82) is 0 Å². The maximum atomic E-state index is 13.8. The molecule has 0 saturated carbocycles. The van der Waals surface area contributed by atoms with Gasteiger partial charge in [-0.2, -0.15) is 0 Å². The smallest absolute Gasteiger partial charge is 0.318 e. The van der Waals surface area contributed by atoms with E-state index < -0.39 is 24.3 Å². The standard InChI is InChI=1S/C17H18F3N3O2/c1-23(10-11-4-3-7-21-9-11)17(24)22-15(16(19)20)12-5-6-14(25-2)13(18)8-12/h3-9,15-16H,10H2,1-2H3,(H,22,24)/t15-/m1/s1. The van der Waals surface area contributed by atoms with E-state index in [1.807, 2.05) is 0 Å². The van der Waals surface area contributed by atoms with Gasteiger partial charge in [-0.3, -0.25) is 4.98 Å². The molecule has 0 bridgehead atoms. The first kappa shape index (κ1) is 18.6. The first-order valence-electron chi connectivity index (χ1n) is 7.44. The number of halogens is 3. The van der Waals surface area contributed by atoms with E-state index in [1.54, 1.807) is 24.5 Å². The third kappa shape index (κ3) is 4.85. The lowest BCUT2D eigenvalue weighted by Crippen LogP contribution is -2.41. The van der Waals surface area contributed by atoms with Crippen molar-refractivity contribution in [1.82, 2.24) is 15.2 Å². The summed E-state index contributed by atoms with van der Waals surface area (Å²) in [5.74, 6) is -0.833. The summed E-state index contributed by atoms with van der Waals surface area (Å²) in [6.07, 6.45) is 0.269. The molecule has 2 rings (SSSR count). The molecule has 134 valence electrons. The zero-order valence-electron chi connectivity index (χ0n) is 13.7. The molecule has 0 aliphatic rings. The van der Waals surface area contributed by atoms with Gasteiger partial charge in [-0.1, -0.05) is 12.1 Å². The number of hydrogen-bond donors (Lipinski definition) is 1. The topological polar surface area (TPSA) is 54.5 Å². The summed E-state index contributed by atoms with van der Waals surface area (Å²) in [7, 11) is 2.75. The molecule has 2 amide bonds. The predicted molar refractivity (Wildman–Crippen MR) is 85.9 cm³/mol. The van der Waals surface area contributed by atoms with Crippen molar-refractivity contribution >= 4 is 6.03 Å². The lowest BCUT2D eigenvalue weighted by Gasteiger charge is -2.23. The number of rotatable bonds is 6. The van der Waals surface area contributed by atoms with Crippen LogP contribution in [0.2, 0.25) is 0 Å². The average Bonchev–Trinajstić information content (AvgIpc) is 2.60. The molecule has 5 nitrogen and oxygen atoms in total. The molecule has 0 aliphatic carbocycles. The molecular formula is C17H18F3N3O2. The van der Waals surface area contributed by atoms with E-state index in [1.165, 1.54) is 31.2 Å². The first-order chi connectivity index (χ1) is 11.9. The molecule has 0 spiro atoms. The number of ether oxygens (including phenoxy) is 1. The average molecular weight is 353 g/mol. The van der Waals surface area contributed by atoms with Gasteiger partial charge >= 0.3 is 6.03 Å². The third-order valence-electron chi connectivity index (χ3n) is 3.56. The Bertz CT molecular complexity index is 714. The predicted octanol–water partition coefficient (Wildman–Crippen LogP) is 3.38. The fraction of sp³-hybridized carbons (Fsp3) is 0.294. The minimum absolute atomic E-state index is 0.0450. The van der Waals surface area contributed by atoms with E-state index in [0.29, 0.717) is 0 Å². The largest absolute Gasteiger partial charge is 0.494 e. The number of nitrogens with one attached hydrogen (secondary N) is 1. The number of carbonyl (C=O) groups excluding carboxylic acids is 1. The second-order valence-electron chi connectivity index (χ2n) is 5.37. The van der Waals surface area contributed by atoms with Gasteiger partial charge in [0, 0.05) is 26.0 Å². The molecule has 1 aromatic carbocycles. The van der Waals surface area contributed by atoms with Crippen LogP contribution in [-0.2, 0) is 6.54 Å². The maximum absolute atomic E-state index is 13.8. The number of aromatic nitrogens is 1. The van der Waals surface area contributed by atoms with E-state index in [4.69, 9.17) is 4.74 Å². The molecule has 1 heterocycles. The third-order valence-corrected chi connectivity index (χ3v) is 3.56. The lowest BCUT2D eigenvalue weighted by molar-refractivity contribution is 0.0971. The molecule has 0 saturated heterocycles. The number of nitrogens with zero attached hydrogens (tertiary/aromatic N) is 2. The van der Waals surface area contributed by atoms with Crippen LogP contribution < -0.4 is 10.1 Å². The van der Waals surface area contributed by atoms with Gasteiger partial charge in [0.25, 0.3) is 6.43 Å². The van der Waals surface area contributed by atoms with Crippen LogP contribution in [0.1, 0.15) is 17.2 Å². The molecule has 1 atom stereocenters.